The van der Waals surface area contributed by atoms with Gasteiger partial charge in [-0.15, -0.1) is 0 Å². The molecule has 0 atom stereocenters. The Morgan fingerprint density at radius 2 is 1.81 bits per heavy atom. The van der Waals surface area contributed by atoms with E-state index in [2.05, 4.69) is 5.32 Å². The van der Waals surface area contributed by atoms with Crippen LogP contribution < -0.4 is 5.32 Å². The first-order valence-electron chi connectivity index (χ1n) is 9.05. The number of benzene rings is 1. The molecule has 0 saturated carbocycles. The third kappa shape index (κ3) is 6.35. The van der Waals surface area contributed by atoms with Gasteiger partial charge in [0.1, 0.15) is 0 Å². The van der Waals surface area contributed by atoms with Crippen LogP contribution in [0.25, 0.3) is 0 Å². The fourth-order valence-corrected chi connectivity index (χ4v) is 4.19. The third-order valence-corrected chi connectivity index (χ3v) is 6.09. The number of piperazine rings is 1. The summed E-state index contributed by atoms with van der Waals surface area (Å²) in [5.41, 5.74) is 0. The Bertz CT molecular complexity index is 656. The number of carbonyl (C=O) groups is 1. The van der Waals surface area contributed by atoms with Crippen LogP contribution >= 0.6 is 0 Å². The van der Waals surface area contributed by atoms with Gasteiger partial charge in [0.15, 0.2) is 0 Å². The average molecular weight is 384 g/mol. The molecule has 0 aromatic heterocycles. The monoisotopic (exact) mass is 383 g/mol. The van der Waals surface area contributed by atoms with Gasteiger partial charge in [-0.25, -0.2) is 8.42 Å². The molecule has 0 bridgehead atoms. The SMILES string of the molecule is CC(C)OCCCNC(=O)CN1CCN(S(=O)(=O)c2ccccc2)CC1. The number of nitrogens with one attached hydrogen (secondary N) is 1. The largest absolute Gasteiger partial charge is 0.379 e. The molecule has 8 heteroatoms. The van der Waals surface area contributed by atoms with Crippen LogP contribution in [0.5, 0.6) is 0 Å². The van der Waals surface area contributed by atoms with E-state index in [0.717, 1.165) is 6.42 Å². The summed E-state index contributed by atoms with van der Waals surface area (Å²) in [6.45, 7) is 7.38. The quantitative estimate of drug-likeness (QED) is 0.642. The Hall–Kier alpha value is -1.48. The van der Waals surface area contributed by atoms with Gasteiger partial charge in [0.05, 0.1) is 17.5 Å². The summed E-state index contributed by atoms with van der Waals surface area (Å²) in [5, 5.41) is 2.88. The van der Waals surface area contributed by atoms with Gasteiger partial charge in [-0.3, -0.25) is 9.69 Å². The summed E-state index contributed by atoms with van der Waals surface area (Å²) in [5.74, 6) is -0.0334. The van der Waals surface area contributed by atoms with Crippen LogP contribution in [0.2, 0.25) is 0 Å². The van der Waals surface area contributed by atoms with Gasteiger partial charge in [0.25, 0.3) is 0 Å². The van der Waals surface area contributed by atoms with Crippen molar-refractivity contribution in [1.29, 1.82) is 0 Å². The minimum atomic E-state index is -3.45. The molecule has 0 aliphatic carbocycles. The number of hydrogen-bond acceptors (Lipinski definition) is 5. The van der Waals surface area contributed by atoms with Gasteiger partial charge in [0, 0.05) is 39.3 Å². The van der Waals surface area contributed by atoms with E-state index in [0.29, 0.717) is 50.8 Å². The molecule has 1 aromatic carbocycles. The van der Waals surface area contributed by atoms with Crippen molar-refractivity contribution in [3.05, 3.63) is 30.3 Å². The normalized spacial score (nSPS) is 16.7. The molecule has 0 unspecified atom stereocenters. The van der Waals surface area contributed by atoms with Crippen LogP contribution in [0.3, 0.4) is 0 Å². The van der Waals surface area contributed by atoms with Crippen molar-refractivity contribution in [1.82, 2.24) is 14.5 Å². The lowest BCUT2D eigenvalue weighted by atomic mass is 10.3. The Morgan fingerprint density at radius 3 is 2.42 bits per heavy atom. The summed E-state index contributed by atoms with van der Waals surface area (Å²) in [4.78, 5) is 14.3. The van der Waals surface area contributed by atoms with Crippen molar-refractivity contribution in [2.24, 2.45) is 0 Å². The molecular weight excluding hydrogens is 354 g/mol. The number of hydrogen-bond donors (Lipinski definition) is 1. The highest BCUT2D eigenvalue weighted by Gasteiger charge is 2.28. The number of carbonyl (C=O) groups excluding carboxylic acids is 1. The fourth-order valence-electron chi connectivity index (χ4n) is 2.75. The summed E-state index contributed by atoms with van der Waals surface area (Å²) < 4.78 is 32.1. The lowest BCUT2D eigenvalue weighted by molar-refractivity contribution is -0.122. The topological polar surface area (TPSA) is 79.0 Å². The highest BCUT2D eigenvalue weighted by Crippen LogP contribution is 2.16. The molecule has 0 radical (unpaired) electrons. The molecule has 1 N–H and O–H groups in total. The van der Waals surface area contributed by atoms with E-state index in [4.69, 9.17) is 4.74 Å². The lowest BCUT2D eigenvalue weighted by Crippen LogP contribution is -2.51. The maximum atomic E-state index is 12.6. The van der Waals surface area contributed by atoms with Crippen molar-refractivity contribution in [3.8, 4) is 0 Å². The van der Waals surface area contributed by atoms with Crippen LogP contribution in [-0.4, -0.2) is 75.5 Å². The summed E-state index contributed by atoms with van der Waals surface area (Å²) in [7, 11) is -3.45. The van der Waals surface area contributed by atoms with Crippen LogP contribution in [0, 0.1) is 0 Å². The zero-order valence-corrected chi connectivity index (χ0v) is 16.4. The van der Waals surface area contributed by atoms with Crippen molar-refractivity contribution in [2.45, 2.75) is 31.3 Å². The van der Waals surface area contributed by atoms with Crippen LogP contribution in [0.1, 0.15) is 20.3 Å². The van der Waals surface area contributed by atoms with E-state index in [9.17, 15) is 13.2 Å². The van der Waals surface area contributed by atoms with Gasteiger partial charge in [-0.05, 0) is 32.4 Å². The molecule has 0 spiro atoms. The molecule has 7 nitrogen and oxygen atoms in total. The molecule has 146 valence electrons. The molecule has 1 aliphatic heterocycles. The molecule has 1 heterocycles. The van der Waals surface area contributed by atoms with E-state index >= 15 is 0 Å². The number of rotatable bonds is 9. The first kappa shape index (κ1) is 20.8. The zero-order chi connectivity index (χ0) is 19.0. The minimum Gasteiger partial charge on any atom is -0.379 e. The van der Waals surface area contributed by atoms with Crippen molar-refractivity contribution in [3.63, 3.8) is 0 Å². The predicted molar refractivity (Wildman–Crippen MR) is 100 cm³/mol. The molecule has 1 amide bonds. The van der Waals surface area contributed by atoms with E-state index in [1.54, 1.807) is 30.3 Å². The maximum Gasteiger partial charge on any atom is 0.243 e. The average Bonchev–Trinajstić information content (AvgIpc) is 2.62. The molecular formula is C18H29N3O4S. The summed E-state index contributed by atoms with van der Waals surface area (Å²) in [6.07, 6.45) is 0.988. The van der Waals surface area contributed by atoms with E-state index in [-0.39, 0.29) is 12.0 Å². The summed E-state index contributed by atoms with van der Waals surface area (Å²) in [6, 6.07) is 8.46. The first-order chi connectivity index (χ1) is 12.4. The number of amides is 1. The molecule has 1 aromatic rings. The second kappa shape index (κ2) is 10.0. The number of ether oxygens (including phenoxy) is 1. The predicted octanol–water partition coefficient (Wildman–Crippen LogP) is 0.924. The Labute approximate surface area is 156 Å². The fraction of sp³-hybridized carbons (Fsp3) is 0.611. The van der Waals surface area contributed by atoms with Crippen molar-refractivity contribution >= 4 is 15.9 Å². The van der Waals surface area contributed by atoms with E-state index < -0.39 is 10.0 Å². The van der Waals surface area contributed by atoms with Gasteiger partial charge < -0.3 is 10.1 Å². The summed E-state index contributed by atoms with van der Waals surface area (Å²) >= 11 is 0. The minimum absolute atomic E-state index is 0.0334. The van der Waals surface area contributed by atoms with Crippen molar-refractivity contribution < 1.29 is 17.9 Å². The van der Waals surface area contributed by atoms with Crippen LogP contribution in [0.4, 0.5) is 0 Å². The number of nitrogens with zero attached hydrogens (tertiary/aromatic N) is 2. The van der Waals surface area contributed by atoms with Gasteiger partial charge in [-0.2, -0.15) is 4.31 Å². The Morgan fingerprint density at radius 1 is 1.15 bits per heavy atom. The molecule has 2 rings (SSSR count). The highest BCUT2D eigenvalue weighted by atomic mass is 32.2. The van der Waals surface area contributed by atoms with Gasteiger partial charge in [0.2, 0.25) is 15.9 Å². The first-order valence-corrected chi connectivity index (χ1v) is 10.5. The smallest absolute Gasteiger partial charge is 0.243 e. The lowest BCUT2D eigenvalue weighted by Gasteiger charge is -2.33. The van der Waals surface area contributed by atoms with E-state index in [1.807, 2.05) is 18.7 Å². The highest BCUT2D eigenvalue weighted by molar-refractivity contribution is 7.89. The Balaban J connectivity index is 1.71. The molecule has 1 fully saturated rings. The molecule has 26 heavy (non-hydrogen) atoms. The molecule has 1 aliphatic rings. The second-order valence-electron chi connectivity index (χ2n) is 6.62. The van der Waals surface area contributed by atoms with E-state index in [1.165, 1.54) is 4.31 Å². The molecule has 1 saturated heterocycles. The van der Waals surface area contributed by atoms with Crippen molar-refractivity contribution in [2.75, 3.05) is 45.9 Å². The maximum absolute atomic E-state index is 12.6. The van der Waals surface area contributed by atoms with Gasteiger partial charge >= 0.3 is 0 Å². The standard InChI is InChI=1S/C18H29N3O4S/c1-16(2)25-14-6-9-19-18(22)15-20-10-12-21(13-11-20)26(23,24)17-7-4-3-5-8-17/h3-5,7-8,16H,6,9-15H2,1-2H3,(H,19,22). The second-order valence-corrected chi connectivity index (χ2v) is 8.55. The third-order valence-electron chi connectivity index (χ3n) is 4.17. The number of sulfonamides is 1. The van der Waals surface area contributed by atoms with Crippen LogP contribution in [0.15, 0.2) is 35.2 Å². The zero-order valence-electron chi connectivity index (χ0n) is 15.6. The van der Waals surface area contributed by atoms with Crippen LogP contribution in [-0.2, 0) is 19.6 Å². The van der Waals surface area contributed by atoms with Gasteiger partial charge in [-0.1, -0.05) is 18.2 Å². The Kier molecular flexibility index (Phi) is 8.02.